The largest absolute Gasteiger partial charge is 0.321 e. The quantitative estimate of drug-likeness (QED) is 0.825. The highest BCUT2D eigenvalue weighted by atomic mass is 32.1. The number of hydrogen-bond donors (Lipinski definition) is 2. The molecule has 0 bridgehead atoms. The van der Waals surface area contributed by atoms with Crippen LogP contribution in [0.15, 0.2) is 47.4 Å². The number of nitriles is 1. The van der Waals surface area contributed by atoms with Crippen LogP contribution < -0.4 is 5.32 Å². The maximum atomic E-state index is 13.5. The number of thiol groups is 1. The van der Waals surface area contributed by atoms with Crippen LogP contribution >= 0.6 is 12.6 Å². The van der Waals surface area contributed by atoms with E-state index < -0.39 is 11.7 Å². The first-order valence-electron chi connectivity index (χ1n) is 5.41. The lowest BCUT2D eigenvalue weighted by Gasteiger charge is -2.08. The van der Waals surface area contributed by atoms with Crippen molar-refractivity contribution in [2.24, 2.45) is 0 Å². The predicted molar refractivity (Wildman–Crippen MR) is 72.8 cm³/mol. The van der Waals surface area contributed by atoms with Crippen LogP contribution in [0.2, 0.25) is 0 Å². The first-order valence-corrected chi connectivity index (χ1v) is 5.85. The molecule has 1 N–H and O–H groups in total. The fourth-order valence-electron chi connectivity index (χ4n) is 1.57. The third-order valence-electron chi connectivity index (χ3n) is 2.49. The average Bonchev–Trinajstić information content (AvgIpc) is 2.42. The van der Waals surface area contributed by atoms with Crippen molar-refractivity contribution in [1.29, 1.82) is 5.26 Å². The molecule has 1 amide bonds. The molecule has 0 heterocycles. The van der Waals surface area contributed by atoms with Gasteiger partial charge in [-0.1, -0.05) is 12.1 Å². The van der Waals surface area contributed by atoms with E-state index >= 15 is 0 Å². The van der Waals surface area contributed by atoms with Crippen molar-refractivity contribution in [2.45, 2.75) is 4.90 Å². The maximum absolute atomic E-state index is 13.5. The van der Waals surface area contributed by atoms with Crippen molar-refractivity contribution in [2.75, 3.05) is 5.32 Å². The molecule has 0 aromatic heterocycles. The predicted octanol–water partition coefficient (Wildman–Crippen LogP) is 3.24. The summed E-state index contributed by atoms with van der Waals surface area (Å²) in [6.45, 7) is 0. The number of nitrogens with one attached hydrogen (secondary N) is 1. The second kappa shape index (κ2) is 5.55. The van der Waals surface area contributed by atoms with E-state index in [-0.39, 0.29) is 5.56 Å². The fraction of sp³-hybridized carbons (Fsp3) is 0. The Morgan fingerprint density at radius 2 is 2.00 bits per heavy atom. The first kappa shape index (κ1) is 13.1. The molecule has 0 saturated carbocycles. The Morgan fingerprint density at radius 1 is 1.26 bits per heavy atom. The van der Waals surface area contributed by atoms with Crippen LogP contribution in [0.4, 0.5) is 10.1 Å². The summed E-state index contributed by atoms with van der Waals surface area (Å²) in [6, 6.07) is 12.4. The molecule has 0 fully saturated rings. The van der Waals surface area contributed by atoms with Crippen molar-refractivity contribution in [3.05, 3.63) is 59.4 Å². The van der Waals surface area contributed by atoms with Crippen molar-refractivity contribution < 1.29 is 9.18 Å². The molecule has 5 heteroatoms. The van der Waals surface area contributed by atoms with Crippen LogP contribution in [0.1, 0.15) is 15.9 Å². The van der Waals surface area contributed by atoms with Crippen molar-refractivity contribution in [3.63, 3.8) is 0 Å². The zero-order valence-corrected chi connectivity index (χ0v) is 10.6. The summed E-state index contributed by atoms with van der Waals surface area (Å²) in [5.74, 6) is -1.25. The van der Waals surface area contributed by atoms with E-state index in [0.717, 1.165) is 0 Å². The van der Waals surface area contributed by atoms with Gasteiger partial charge in [0, 0.05) is 4.90 Å². The van der Waals surface area contributed by atoms with Gasteiger partial charge < -0.3 is 5.32 Å². The zero-order chi connectivity index (χ0) is 13.8. The van der Waals surface area contributed by atoms with Crippen LogP contribution in [0.5, 0.6) is 0 Å². The highest BCUT2D eigenvalue weighted by Gasteiger charge is 2.13. The minimum Gasteiger partial charge on any atom is -0.321 e. The Hall–Kier alpha value is -2.32. The summed E-state index contributed by atoms with van der Waals surface area (Å²) in [6.07, 6.45) is 0. The van der Waals surface area contributed by atoms with Gasteiger partial charge in [-0.3, -0.25) is 4.79 Å². The van der Waals surface area contributed by atoms with Crippen molar-refractivity contribution >= 4 is 24.2 Å². The number of para-hydroxylation sites is 1. The highest BCUT2D eigenvalue weighted by molar-refractivity contribution is 7.80. The van der Waals surface area contributed by atoms with Gasteiger partial charge in [0.2, 0.25) is 0 Å². The van der Waals surface area contributed by atoms with Crippen LogP contribution in [0.25, 0.3) is 0 Å². The van der Waals surface area contributed by atoms with E-state index in [0.29, 0.717) is 16.1 Å². The monoisotopic (exact) mass is 272 g/mol. The molecule has 0 aliphatic rings. The van der Waals surface area contributed by atoms with Crippen molar-refractivity contribution in [1.82, 2.24) is 0 Å². The third-order valence-corrected chi connectivity index (χ3v) is 2.77. The molecular formula is C14H9FN2OS. The smallest absolute Gasteiger partial charge is 0.258 e. The lowest BCUT2D eigenvalue weighted by Crippen LogP contribution is -2.14. The van der Waals surface area contributed by atoms with Gasteiger partial charge in [-0.05, 0) is 30.3 Å². The summed E-state index contributed by atoms with van der Waals surface area (Å²) in [5, 5.41) is 11.4. The number of carbonyl (C=O) groups is 1. The van der Waals surface area contributed by atoms with E-state index in [1.54, 1.807) is 24.3 Å². The van der Waals surface area contributed by atoms with E-state index in [2.05, 4.69) is 17.9 Å². The van der Waals surface area contributed by atoms with E-state index in [4.69, 9.17) is 5.26 Å². The topological polar surface area (TPSA) is 52.9 Å². The molecule has 19 heavy (non-hydrogen) atoms. The summed E-state index contributed by atoms with van der Waals surface area (Å²) < 4.78 is 13.5. The highest BCUT2D eigenvalue weighted by Crippen LogP contribution is 2.18. The molecular weight excluding hydrogens is 263 g/mol. The van der Waals surface area contributed by atoms with Gasteiger partial charge in [0.25, 0.3) is 5.91 Å². The standard InChI is InChI=1S/C14H9FN2OS/c15-12-6-5-10(19)7-11(12)14(18)17-13-4-2-1-3-9(13)8-16/h1-7,19H,(H,17,18). The second-order valence-electron chi connectivity index (χ2n) is 3.78. The Kier molecular flexibility index (Phi) is 3.83. The number of halogens is 1. The Bertz CT molecular complexity index is 679. The number of amides is 1. The Balaban J connectivity index is 2.31. The molecule has 0 aliphatic carbocycles. The van der Waals surface area contributed by atoms with Gasteiger partial charge in [0.05, 0.1) is 16.8 Å². The minimum atomic E-state index is -0.635. The van der Waals surface area contributed by atoms with Crippen LogP contribution in [0, 0.1) is 17.1 Å². The van der Waals surface area contributed by atoms with Gasteiger partial charge >= 0.3 is 0 Å². The van der Waals surface area contributed by atoms with Gasteiger partial charge in [-0.25, -0.2) is 4.39 Å². The van der Waals surface area contributed by atoms with Crippen LogP contribution in [-0.2, 0) is 0 Å². The SMILES string of the molecule is N#Cc1ccccc1NC(=O)c1cc(S)ccc1F. The summed E-state index contributed by atoms with van der Waals surface area (Å²) in [5.41, 5.74) is 0.553. The molecule has 2 aromatic carbocycles. The van der Waals surface area contributed by atoms with E-state index in [1.807, 2.05) is 6.07 Å². The molecule has 3 nitrogen and oxygen atoms in total. The van der Waals surface area contributed by atoms with Gasteiger partial charge in [0.1, 0.15) is 11.9 Å². The van der Waals surface area contributed by atoms with Gasteiger partial charge in [-0.2, -0.15) is 5.26 Å². The van der Waals surface area contributed by atoms with E-state index in [9.17, 15) is 9.18 Å². The number of hydrogen-bond acceptors (Lipinski definition) is 3. The number of benzene rings is 2. The van der Waals surface area contributed by atoms with Crippen LogP contribution in [-0.4, -0.2) is 5.91 Å². The lowest BCUT2D eigenvalue weighted by atomic mass is 10.1. The molecule has 0 radical (unpaired) electrons. The van der Waals surface area contributed by atoms with E-state index in [1.165, 1.54) is 18.2 Å². The minimum absolute atomic E-state index is 0.111. The Labute approximate surface area is 115 Å². The molecule has 0 saturated heterocycles. The molecule has 0 spiro atoms. The van der Waals surface area contributed by atoms with Gasteiger partial charge in [0.15, 0.2) is 0 Å². The van der Waals surface area contributed by atoms with Gasteiger partial charge in [-0.15, -0.1) is 12.6 Å². The molecule has 94 valence electrons. The lowest BCUT2D eigenvalue weighted by molar-refractivity contribution is 0.102. The maximum Gasteiger partial charge on any atom is 0.258 e. The normalized spacial score (nSPS) is 9.74. The van der Waals surface area contributed by atoms with Crippen molar-refractivity contribution in [3.8, 4) is 6.07 Å². The number of carbonyl (C=O) groups excluding carboxylic acids is 1. The number of anilines is 1. The average molecular weight is 272 g/mol. The summed E-state index contributed by atoms with van der Waals surface area (Å²) in [7, 11) is 0. The first-order chi connectivity index (χ1) is 9.11. The second-order valence-corrected chi connectivity index (χ2v) is 4.29. The fourth-order valence-corrected chi connectivity index (χ4v) is 1.77. The zero-order valence-electron chi connectivity index (χ0n) is 9.72. The molecule has 0 unspecified atom stereocenters. The summed E-state index contributed by atoms with van der Waals surface area (Å²) in [4.78, 5) is 12.4. The molecule has 2 aromatic rings. The number of nitrogens with zero attached hydrogens (tertiary/aromatic N) is 1. The Morgan fingerprint density at radius 3 is 2.74 bits per heavy atom. The third kappa shape index (κ3) is 2.92. The van der Waals surface area contributed by atoms with Crippen LogP contribution in [0.3, 0.4) is 0 Å². The molecule has 2 rings (SSSR count). The molecule has 0 aliphatic heterocycles. The number of rotatable bonds is 2. The molecule has 0 atom stereocenters. The summed E-state index contributed by atoms with van der Waals surface area (Å²) >= 11 is 4.06.